The van der Waals surface area contributed by atoms with Crippen LogP contribution in [0.5, 0.6) is 0 Å². The first-order valence-electron chi connectivity index (χ1n) is 10.6. The molecule has 1 aliphatic carbocycles. The summed E-state index contributed by atoms with van der Waals surface area (Å²) in [5.41, 5.74) is 0. The van der Waals surface area contributed by atoms with Crippen molar-refractivity contribution in [3.63, 3.8) is 0 Å². The summed E-state index contributed by atoms with van der Waals surface area (Å²) in [4.78, 5) is 11.5. The van der Waals surface area contributed by atoms with Crippen molar-refractivity contribution < 1.29 is 9.90 Å². The van der Waals surface area contributed by atoms with Crippen LogP contribution in [0.25, 0.3) is 0 Å². The molecule has 0 heterocycles. The number of aliphatic hydroxyl groups excluding tert-OH is 1. The van der Waals surface area contributed by atoms with Gasteiger partial charge in [0.05, 0.1) is 5.76 Å². The standard InChI is InChI=1S/C25H37NO2/c1-2-3-4-5-9-12-15-18-24(27)19-16-13-10-7-6-8-11-14-17-20-25(28)26-23-21-22-23/h3-4,6-7,9,11-14,16,18,23,27H,2,5,8,10,15,17,19-22H2,1H3,(H,26,28)/b4-3-,7-6-,12-9-,14-11-,16-13-,24-18-. The number of carbonyl (C=O) groups excluding carboxylic acids is 1. The third kappa shape index (κ3) is 15.9. The van der Waals surface area contributed by atoms with Gasteiger partial charge in [-0.15, -0.1) is 0 Å². The molecule has 28 heavy (non-hydrogen) atoms. The van der Waals surface area contributed by atoms with Crippen LogP contribution in [0, 0.1) is 0 Å². The summed E-state index contributed by atoms with van der Waals surface area (Å²) in [5.74, 6) is 0.591. The summed E-state index contributed by atoms with van der Waals surface area (Å²) in [6, 6.07) is 0.458. The molecule has 0 radical (unpaired) electrons. The molecule has 0 unspecified atom stereocenters. The Bertz CT molecular complexity index is 590. The van der Waals surface area contributed by atoms with E-state index in [-0.39, 0.29) is 5.91 Å². The topological polar surface area (TPSA) is 49.3 Å². The Hall–Kier alpha value is -2.29. The van der Waals surface area contributed by atoms with E-state index in [2.05, 4.69) is 66.9 Å². The van der Waals surface area contributed by atoms with E-state index in [0.29, 0.717) is 24.6 Å². The summed E-state index contributed by atoms with van der Waals surface area (Å²) in [6.45, 7) is 2.13. The van der Waals surface area contributed by atoms with Crippen molar-refractivity contribution in [2.24, 2.45) is 0 Å². The molecule has 0 bridgehead atoms. The Balaban J connectivity index is 1.99. The van der Waals surface area contributed by atoms with Crippen LogP contribution in [0.2, 0.25) is 0 Å². The number of aliphatic hydroxyl groups is 1. The molecule has 0 aromatic heterocycles. The van der Waals surface area contributed by atoms with E-state index in [1.165, 1.54) is 0 Å². The van der Waals surface area contributed by atoms with Gasteiger partial charge in [-0.05, 0) is 57.4 Å². The fraction of sp³-hybridized carbons (Fsp3) is 0.480. The normalized spacial score (nSPS) is 15.8. The Morgan fingerprint density at radius 2 is 1.43 bits per heavy atom. The second kappa shape index (κ2) is 16.9. The van der Waals surface area contributed by atoms with Crippen LogP contribution in [0.1, 0.15) is 71.1 Å². The van der Waals surface area contributed by atoms with Gasteiger partial charge < -0.3 is 10.4 Å². The minimum Gasteiger partial charge on any atom is -0.512 e. The summed E-state index contributed by atoms with van der Waals surface area (Å²) in [6.07, 6.45) is 31.7. The minimum atomic E-state index is 0.172. The molecule has 0 aromatic carbocycles. The second-order valence-electron chi connectivity index (χ2n) is 6.99. The first-order valence-corrected chi connectivity index (χ1v) is 10.6. The maximum Gasteiger partial charge on any atom is 0.220 e. The molecule has 0 spiro atoms. The lowest BCUT2D eigenvalue weighted by atomic mass is 10.2. The number of amides is 1. The van der Waals surface area contributed by atoms with Crippen LogP contribution < -0.4 is 5.32 Å². The third-order valence-electron chi connectivity index (χ3n) is 4.18. The molecule has 3 nitrogen and oxygen atoms in total. The summed E-state index contributed by atoms with van der Waals surface area (Å²) in [7, 11) is 0. The molecule has 154 valence electrons. The molecular formula is C25H37NO2. The fourth-order valence-electron chi connectivity index (χ4n) is 2.43. The molecule has 3 heteroatoms. The average Bonchev–Trinajstić information content (AvgIpc) is 3.49. The fourth-order valence-corrected chi connectivity index (χ4v) is 2.43. The van der Waals surface area contributed by atoms with Gasteiger partial charge in [-0.2, -0.15) is 0 Å². The van der Waals surface area contributed by atoms with Crippen molar-refractivity contribution in [2.75, 3.05) is 0 Å². The highest BCUT2D eigenvalue weighted by atomic mass is 16.3. The highest BCUT2D eigenvalue weighted by molar-refractivity contribution is 5.76. The van der Waals surface area contributed by atoms with E-state index in [1.54, 1.807) is 0 Å². The number of allylic oxidation sites excluding steroid dienone is 11. The van der Waals surface area contributed by atoms with E-state index in [9.17, 15) is 9.90 Å². The van der Waals surface area contributed by atoms with Crippen LogP contribution in [-0.2, 0) is 4.79 Å². The van der Waals surface area contributed by atoms with Crippen molar-refractivity contribution in [1.29, 1.82) is 0 Å². The quantitative estimate of drug-likeness (QED) is 0.246. The smallest absolute Gasteiger partial charge is 0.220 e. The number of hydrogen-bond acceptors (Lipinski definition) is 2. The zero-order chi connectivity index (χ0) is 20.3. The Morgan fingerprint density at radius 3 is 2.07 bits per heavy atom. The van der Waals surface area contributed by atoms with Crippen molar-refractivity contribution in [3.8, 4) is 0 Å². The van der Waals surface area contributed by atoms with Gasteiger partial charge in [0.1, 0.15) is 0 Å². The molecule has 1 aliphatic rings. The zero-order valence-electron chi connectivity index (χ0n) is 17.4. The zero-order valence-corrected chi connectivity index (χ0v) is 17.4. The first-order chi connectivity index (χ1) is 13.7. The van der Waals surface area contributed by atoms with E-state index in [0.717, 1.165) is 51.4 Å². The molecule has 1 saturated carbocycles. The maximum absolute atomic E-state index is 11.5. The molecule has 0 aliphatic heterocycles. The van der Waals surface area contributed by atoms with Crippen LogP contribution >= 0.6 is 0 Å². The second-order valence-corrected chi connectivity index (χ2v) is 6.99. The summed E-state index contributed by atoms with van der Waals surface area (Å²) < 4.78 is 0. The molecule has 1 amide bonds. The summed E-state index contributed by atoms with van der Waals surface area (Å²) in [5, 5.41) is 12.8. The van der Waals surface area contributed by atoms with Gasteiger partial charge in [-0.3, -0.25) is 4.79 Å². The van der Waals surface area contributed by atoms with Gasteiger partial charge in [-0.1, -0.05) is 67.7 Å². The molecule has 0 aromatic rings. The van der Waals surface area contributed by atoms with E-state index in [1.807, 2.05) is 12.2 Å². The van der Waals surface area contributed by atoms with Crippen molar-refractivity contribution >= 4 is 5.91 Å². The molecule has 0 atom stereocenters. The van der Waals surface area contributed by atoms with Gasteiger partial charge >= 0.3 is 0 Å². The van der Waals surface area contributed by atoms with E-state index < -0.39 is 0 Å². The van der Waals surface area contributed by atoms with Crippen LogP contribution in [-0.4, -0.2) is 17.1 Å². The molecule has 1 rings (SSSR count). The number of rotatable bonds is 15. The van der Waals surface area contributed by atoms with Crippen molar-refractivity contribution in [1.82, 2.24) is 5.32 Å². The Kier molecular flexibility index (Phi) is 14.3. The molecule has 0 saturated heterocycles. The SMILES string of the molecule is CC/C=C\C/C=C\C/C=C(\O)C/C=C\C/C=C\C/C=C\CCC(=O)NC1CC1. The maximum atomic E-state index is 11.5. The van der Waals surface area contributed by atoms with Gasteiger partial charge in [0.25, 0.3) is 0 Å². The van der Waals surface area contributed by atoms with Gasteiger partial charge in [0, 0.05) is 18.9 Å². The average molecular weight is 384 g/mol. The van der Waals surface area contributed by atoms with Gasteiger partial charge in [0.15, 0.2) is 0 Å². The number of carbonyl (C=O) groups is 1. The molecular weight excluding hydrogens is 346 g/mol. The Morgan fingerprint density at radius 1 is 0.857 bits per heavy atom. The van der Waals surface area contributed by atoms with Gasteiger partial charge in [0.2, 0.25) is 5.91 Å². The predicted octanol–water partition coefficient (Wildman–Crippen LogP) is 6.63. The van der Waals surface area contributed by atoms with E-state index in [4.69, 9.17) is 0 Å². The highest BCUT2D eigenvalue weighted by Gasteiger charge is 2.22. The third-order valence-corrected chi connectivity index (χ3v) is 4.18. The predicted molar refractivity (Wildman–Crippen MR) is 120 cm³/mol. The molecule has 2 N–H and O–H groups in total. The Labute approximate surface area is 171 Å². The van der Waals surface area contributed by atoms with Gasteiger partial charge in [-0.25, -0.2) is 0 Å². The van der Waals surface area contributed by atoms with Crippen LogP contribution in [0.4, 0.5) is 0 Å². The van der Waals surface area contributed by atoms with Crippen LogP contribution in [0.3, 0.4) is 0 Å². The lowest BCUT2D eigenvalue weighted by Gasteiger charge is -1.99. The highest BCUT2D eigenvalue weighted by Crippen LogP contribution is 2.18. The summed E-state index contributed by atoms with van der Waals surface area (Å²) >= 11 is 0. The van der Waals surface area contributed by atoms with Crippen LogP contribution in [0.15, 0.2) is 72.6 Å². The monoisotopic (exact) mass is 383 g/mol. The van der Waals surface area contributed by atoms with Crippen molar-refractivity contribution in [3.05, 3.63) is 72.6 Å². The number of nitrogens with one attached hydrogen (secondary N) is 1. The van der Waals surface area contributed by atoms with E-state index >= 15 is 0 Å². The first kappa shape index (κ1) is 23.7. The molecule has 1 fully saturated rings. The largest absolute Gasteiger partial charge is 0.512 e. The minimum absolute atomic E-state index is 0.172. The lowest BCUT2D eigenvalue weighted by molar-refractivity contribution is -0.121. The number of hydrogen-bond donors (Lipinski definition) is 2. The lowest BCUT2D eigenvalue weighted by Crippen LogP contribution is -2.24. The van der Waals surface area contributed by atoms with Crippen molar-refractivity contribution in [2.45, 2.75) is 77.2 Å².